The summed E-state index contributed by atoms with van der Waals surface area (Å²) in [5, 5.41) is 5.58. The summed E-state index contributed by atoms with van der Waals surface area (Å²) in [7, 11) is 1.72. The van der Waals surface area contributed by atoms with Crippen molar-refractivity contribution in [1.29, 1.82) is 0 Å². The molecule has 120 valence electrons. The van der Waals surface area contributed by atoms with Gasteiger partial charge in [-0.1, -0.05) is 6.42 Å². The molecule has 1 fully saturated rings. The predicted octanol–water partition coefficient (Wildman–Crippen LogP) is -0.990. The van der Waals surface area contributed by atoms with Crippen molar-refractivity contribution < 1.29 is 14.4 Å². The topological polar surface area (TPSA) is 105 Å². The first kappa shape index (κ1) is 17.6. The number of nitrogens with zero attached hydrogens (tertiary/aromatic N) is 1. The third kappa shape index (κ3) is 5.43. The Morgan fingerprint density at radius 1 is 1.43 bits per heavy atom. The Labute approximate surface area is 125 Å². The van der Waals surface area contributed by atoms with Crippen molar-refractivity contribution in [2.45, 2.75) is 44.2 Å². The Balaban J connectivity index is 2.36. The number of amides is 2. The Morgan fingerprint density at radius 3 is 2.81 bits per heavy atom. The number of unbranched alkanes of at least 4 members (excludes halogenated alkanes) is 1. The number of carbonyl (C=O) groups is 3. The standard InChI is InChI=1S/C14H26N4O3/c1-16-12(6-2-3-7-15)14(21)17-9-13(20)18-8-4-5-11(18)10-19/h10-12,16H,2-9,15H2,1H3,(H,17,21)/t11-,12+/m1/s1. The predicted molar refractivity (Wildman–Crippen MR) is 79.6 cm³/mol. The lowest BCUT2D eigenvalue weighted by atomic mass is 10.1. The van der Waals surface area contributed by atoms with Crippen LogP contribution >= 0.6 is 0 Å². The minimum atomic E-state index is -0.334. The number of nitrogens with one attached hydrogen (secondary N) is 2. The summed E-state index contributed by atoms with van der Waals surface area (Å²) in [6.45, 7) is 1.14. The average Bonchev–Trinajstić information content (AvgIpc) is 2.97. The molecule has 4 N–H and O–H groups in total. The van der Waals surface area contributed by atoms with E-state index in [0.717, 1.165) is 25.5 Å². The number of hydrogen-bond donors (Lipinski definition) is 3. The molecule has 7 nitrogen and oxygen atoms in total. The molecule has 0 spiro atoms. The summed E-state index contributed by atoms with van der Waals surface area (Å²) in [6, 6.07) is -0.649. The normalized spacial score (nSPS) is 19.3. The van der Waals surface area contributed by atoms with E-state index in [1.165, 1.54) is 4.90 Å². The molecule has 0 bridgehead atoms. The maximum absolute atomic E-state index is 12.0. The third-order valence-corrected chi connectivity index (χ3v) is 3.80. The van der Waals surface area contributed by atoms with E-state index in [2.05, 4.69) is 10.6 Å². The molecule has 0 unspecified atom stereocenters. The summed E-state index contributed by atoms with van der Waals surface area (Å²) >= 11 is 0. The molecule has 0 aromatic rings. The zero-order chi connectivity index (χ0) is 15.7. The van der Waals surface area contributed by atoms with E-state index < -0.39 is 0 Å². The van der Waals surface area contributed by atoms with Crippen LogP contribution in [0.1, 0.15) is 32.1 Å². The van der Waals surface area contributed by atoms with E-state index in [9.17, 15) is 14.4 Å². The highest BCUT2D eigenvalue weighted by Crippen LogP contribution is 2.14. The number of carbonyl (C=O) groups excluding carboxylic acids is 3. The van der Waals surface area contributed by atoms with Crippen LogP contribution in [-0.4, -0.2) is 61.8 Å². The molecular weight excluding hydrogens is 272 g/mol. The van der Waals surface area contributed by atoms with Gasteiger partial charge in [0.1, 0.15) is 6.29 Å². The fraction of sp³-hybridized carbons (Fsp3) is 0.786. The molecule has 7 heteroatoms. The van der Waals surface area contributed by atoms with Crippen molar-refractivity contribution in [2.24, 2.45) is 5.73 Å². The van der Waals surface area contributed by atoms with Crippen LogP contribution in [0.3, 0.4) is 0 Å². The number of aldehydes is 1. The summed E-state index contributed by atoms with van der Waals surface area (Å²) in [5.41, 5.74) is 5.43. The van der Waals surface area contributed by atoms with E-state index in [-0.39, 0.29) is 30.4 Å². The lowest BCUT2D eigenvalue weighted by Crippen LogP contribution is -2.48. The van der Waals surface area contributed by atoms with Gasteiger partial charge in [-0.15, -0.1) is 0 Å². The van der Waals surface area contributed by atoms with Crippen LogP contribution in [0.4, 0.5) is 0 Å². The van der Waals surface area contributed by atoms with Gasteiger partial charge in [0.05, 0.1) is 18.6 Å². The molecule has 1 aliphatic rings. The lowest BCUT2D eigenvalue weighted by molar-refractivity contribution is -0.135. The van der Waals surface area contributed by atoms with E-state index in [4.69, 9.17) is 5.73 Å². The summed E-state index contributed by atoms with van der Waals surface area (Å²) in [5.74, 6) is -0.389. The molecule has 1 aliphatic heterocycles. The maximum Gasteiger partial charge on any atom is 0.242 e. The molecule has 2 amide bonds. The highest BCUT2D eigenvalue weighted by Gasteiger charge is 2.28. The van der Waals surface area contributed by atoms with Gasteiger partial charge in [0.15, 0.2) is 0 Å². The smallest absolute Gasteiger partial charge is 0.242 e. The molecular formula is C14H26N4O3. The first-order valence-corrected chi connectivity index (χ1v) is 7.53. The molecule has 0 aromatic heterocycles. The van der Waals surface area contributed by atoms with Gasteiger partial charge in [-0.05, 0) is 39.3 Å². The van der Waals surface area contributed by atoms with Crippen molar-refractivity contribution in [1.82, 2.24) is 15.5 Å². The van der Waals surface area contributed by atoms with Gasteiger partial charge >= 0.3 is 0 Å². The fourth-order valence-corrected chi connectivity index (χ4v) is 2.53. The zero-order valence-corrected chi connectivity index (χ0v) is 12.6. The SMILES string of the molecule is CN[C@@H](CCCCN)C(=O)NCC(=O)N1CCC[C@@H]1C=O. The van der Waals surface area contributed by atoms with Gasteiger partial charge in [-0.25, -0.2) is 0 Å². The van der Waals surface area contributed by atoms with Gasteiger partial charge in [0.2, 0.25) is 11.8 Å². The van der Waals surface area contributed by atoms with Crippen LogP contribution in [0.5, 0.6) is 0 Å². The first-order chi connectivity index (χ1) is 10.1. The van der Waals surface area contributed by atoms with E-state index in [1.807, 2.05) is 0 Å². The molecule has 1 rings (SSSR count). The van der Waals surface area contributed by atoms with Crippen LogP contribution in [0.2, 0.25) is 0 Å². The minimum Gasteiger partial charge on any atom is -0.346 e. The third-order valence-electron chi connectivity index (χ3n) is 3.80. The summed E-state index contributed by atoms with van der Waals surface area (Å²) in [6.07, 6.45) is 4.77. The van der Waals surface area contributed by atoms with Crippen molar-refractivity contribution in [3.8, 4) is 0 Å². The van der Waals surface area contributed by atoms with Crippen LogP contribution < -0.4 is 16.4 Å². The van der Waals surface area contributed by atoms with Gasteiger partial charge < -0.3 is 26.1 Å². The molecule has 1 saturated heterocycles. The molecule has 21 heavy (non-hydrogen) atoms. The molecule has 0 radical (unpaired) electrons. The summed E-state index contributed by atoms with van der Waals surface area (Å²) < 4.78 is 0. The van der Waals surface area contributed by atoms with Crippen LogP contribution in [-0.2, 0) is 14.4 Å². The first-order valence-electron chi connectivity index (χ1n) is 7.53. The maximum atomic E-state index is 12.0. The second-order valence-electron chi connectivity index (χ2n) is 5.28. The number of hydrogen-bond acceptors (Lipinski definition) is 5. The number of nitrogens with two attached hydrogens (primary N) is 1. The van der Waals surface area contributed by atoms with Gasteiger partial charge in [-0.3, -0.25) is 9.59 Å². The minimum absolute atomic E-state index is 0.0573. The van der Waals surface area contributed by atoms with Crippen LogP contribution in [0.15, 0.2) is 0 Å². The monoisotopic (exact) mass is 298 g/mol. The van der Waals surface area contributed by atoms with E-state index in [0.29, 0.717) is 25.9 Å². The second-order valence-corrected chi connectivity index (χ2v) is 5.28. The molecule has 0 saturated carbocycles. The van der Waals surface area contributed by atoms with Gasteiger partial charge in [0.25, 0.3) is 0 Å². The van der Waals surface area contributed by atoms with Gasteiger partial charge in [0, 0.05) is 6.54 Å². The van der Waals surface area contributed by atoms with E-state index >= 15 is 0 Å². The Hall–Kier alpha value is -1.47. The van der Waals surface area contributed by atoms with Crippen molar-refractivity contribution in [3.05, 3.63) is 0 Å². The molecule has 0 aliphatic carbocycles. The lowest BCUT2D eigenvalue weighted by Gasteiger charge is -2.21. The van der Waals surface area contributed by atoms with Crippen molar-refractivity contribution >= 4 is 18.1 Å². The number of likely N-dealkylation sites (tertiary alicyclic amines) is 1. The quantitative estimate of drug-likeness (QED) is 0.374. The number of likely N-dealkylation sites (N-methyl/N-ethyl adjacent to an activating group) is 1. The van der Waals surface area contributed by atoms with Gasteiger partial charge in [-0.2, -0.15) is 0 Å². The average molecular weight is 298 g/mol. The largest absolute Gasteiger partial charge is 0.346 e. The Morgan fingerprint density at radius 2 is 2.19 bits per heavy atom. The molecule has 2 atom stereocenters. The van der Waals surface area contributed by atoms with Crippen LogP contribution in [0.25, 0.3) is 0 Å². The van der Waals surface area contributed by atoms with E-state index in [1.54, 1.807) is 7.05 Å². The Bertz CT molecular complexity index is 362. The second kappa shape index (κ2) is 9.46. The fourth-order valence-electron chi connectivity index (χ4n) is 2.53. The van der Waals surface area contributed by atoms with Crippen molar-refractivity contribution in [3.63, 3.8) is 0 Å². The summed E-state index contributed by atoms with van der Waals surface area (Å²) in [4.78, 5) is 36.4. The highest BCUT2D eigenvalue weighted by molar-refractivity contribution is 5.88. The number of rotatable bonds is 9. The molecule has 1 heterocycles. The van der Waals surface area contributed by atoms with Crippen LogP contribution in [0, 0.1) is 0 Å². The highest BCUT2D eigenvalue weighted by atomic mass is 16.2. The van der Waals surface area contributed by atoms with Crippen molar-refractivity contribution in [2.75, 3.05) is 26.7 Å². The molecule has 0 aromatic carbocycles. The Kier molecular flexibility index (Phi) is 7.92. The zero-order valence-electron chi connectivity index (χ0n) is 12.6.